The van der Waals surface area contributed by atoms with Crippen molar-refractivity contribution in [3.63, 3.8) is 0 Å². The van der Waals surface area contributed by atoms with Crippen LogP contribution in [0.3, 0.4) is 0 Å². The second kappa shape index (κ2) is 8.00. The zero-order valence-electron chi connectivity index (χ0n) is 12.4. The van der Waals surface area contributed by atoms with Crippen LogP contribution in [-0.4, -0.2) is 24.7 Å². The number of carbonyl (C=O) groups is 2. The summed E-state index contributed by atoms with van der Waals surface area (Å²) in [5.74, 6) is 0.561. The zero-order chi connectivity index (χ0) is 15.9. The summed E-state index contributed by atoms with van der Waals surface area (Å²) in [5, 5.41) is 4.50. The molecule has 2 aromatic rings. The fourth-order valence-corrected chi connectivity index (χ4v) is 3.45. The van der Waals surface area contributed by atoms with Gasteiger partial charge in [0, 0.05) is 5.75 Å². The number of rotatable bonds is 6. The van der Waals surface area contributed by atoms with Crippen LogP contribution < -0.4 is 5.32 Å². The number of hydrogen-bond donors (Lipinski definition) is 1. The Morgan fingerprint density at radius 3 is 2.86 bits per heavy atom. The molecule has 6 heteroatoms. The van der Waals surface area contributed by atoms with E-state index in [2.05, 4.69) is 16.1 Å². The van der Waals surface area contributed by atoms with E-state index in [4.69, 9.17) is 0 Å². The Bertz CT molecular complexity index is 667. The first-order valence-corrected chi connectivity index (χ1v) is 8.72. The molecular formula is C16H17NO3S2. The van der Waals surface area contributed by atoms with Crippen LogP contribution in [0, 0.1) is 6.92 Å². The largest absolute Gasteiger partial charge is 0.465 e. The molecule has 0 fully saturated rings. The van der Waals surface area contributed by atoms with Crippen molar-refractivity contribution in [2.75, 3.05) is 18.2 Å². The van der Waals surface area contributed by atoms with Crippen molar-refractivity contribution >= 4 is 40.7 Å². The van der Waals surface area contributed by atoms with Crippen LogP contribution in [-0.2, 0) is 15.3 Å². The Morgan fingerprint density at radius 2 is 2.14 bits per heavy atom. The Kier molecular flexibility index (Phi) is 6.03. The van der Waals surface area contributed by atoms with Gasteiger partial charge in [0.25, 0.3) is 0 Å². The van der Waals surface area contributed by atoms with Crippen molar-refractivity contribution in [2.24, 2.45) is 0 Å². The van der Waals surface area contributed by atoms with E-state index in [1.807, 2.05) is 25.1 Å². The molecule has 116 valence electrons. The first-order chi connectivity index (χ1) is 10.6. The highest BCUT2D eigenvalue weighted by molar-refractivity contribution is 7.99. The van der Waals surface area contributed by atoms with Crippen LogP contribution in [0.4, 0.5) is 5.69 Å². The van der Waals surface area contributed by atoms with Gasteiger partial charge in [-0.3, -0.25) is 4.79 Å². The molecule has 0 aliphatic rings. The number of thiophene rings is 1. The highest BCUT2D eigenvalue weighted by atomic mass is 32.2. The predicted octanol–water partition coefficient (Wildman–Crippen LogP) is 3.72. The molecule has 22 heavy (non-hydrogen) atoms. The van der Waals surface area contributed by atoms with Gasteiger partial charge in [-0.2, -0.15) is 0 Å². The van der Waals surface area contributed by atoms with Crippen molar-refractivity contribution in [1.82, 2.24) is 0 Å². The average Bonchev–Trinajstić information content (AvgIpc) is 2.94. The number of nitrogens with one attached hydrogen (secondary N) is 1. The lowest BCUT2D eigenvalue weighted by Gasteiger charge is -2.06. The lowest BCUT2D eigenvalue weighted by Crippen LogP contribution is -2.15. The number of amides is 1. The topological polar surface area (TPSA) is 55.4 Å². The van der Waals surface area contributed by atoms with Crippen LogP contribution in [0.15, 0.2) is 35.7 Å². The Hall–Kier alpha value is -1.79. The molecule has 0 atom stereocenters. The maximum absolute atomic E-state index is 12.0. The van der Waals surface area contributed by atoms with Gasteiger partial charge in [0.1, 0.15) is 4.88 Å². The minimum atomic E-state index is -0.433. The number of ether oxygens (including phenoxy) is 1. The highest BCUT2D eigenvalue weighted by Crippen LogP contribution is 2.23. The number of aryl methyl sites for hydroxylation is 1. The first kappa shape index (κ1) is 16.6. The zero-order valence-corrected chi connectivity index (χ0v) is 14.1. The number of anilines is 1. The standard InChI is InChI=1S/C16H17NO3S2/c1-11-4-3-5-12(8-11)9-21-10-14(18)17-13-6-7-22-15(13)16(19)20-2/h3-8H,9-10H2,1-2H3,(H,17,18). The molecule has 0 saturated heterocycles. The molecule has 0 aliphatic carbocycles. The molecule has 1 aromatic heterocycles. The third kappa shape index (κ3) is 4.61. The summed E-state index contributed by atoms with van der Waals surface area (Å²) in [4.78, 5) is 23.9. The number of hydrogen-bond acceptors (Lipinski definition) is 5. The second-order valence-corrected chi connectivity index (χ2v) is 6.59. The molecule has 0 spiro atoms. The Morgan fingerprint density at radius 1 is 1.32 bits per heavy atom. The van der Waals surface area contributed by atoms with Gasteiger partial charge in [0.2, 0.25) is 5.91 Å². The molecule has 0 aliphatic heterocycles. The van der Waals surface area contributed by atoms with E-state index >= 15 is 0 Å². The van der Waals surface area contributed by atoms with E-state index in [-0.39, 0.29) is 5.91 Å². The van der Waals surface area contributed by atoms with E-state index in [9.17, 15) is 9.59 Å². The second-order valence-electron chi connectivity index (χ2n) is 4.69. The van der Waals surface area contributed by atoms with Crippen LogP contribution in [0.5, 0.6) is 0 Å². The third-order valence-electron chi connectivity index (χ3n) is 2.89. The van der Waals surface area contributed by atoms with Gasteiger partial charge >= 0.3 is 5.97 Å². The van der Waals surface area contributed by atoms with E-state index in [1.54, 1.807) is 23.2 Å². The number of benzene rings is 1. The predicted molar refractivity (Wildman–Crippen MR) is 91.6 cm³/mol. The van der Waals surface area contributed by atoms with Crippen molar-refractivity contribution < 1.29 is 14.3 Å². The molecule has 0 unspecified atom stereocenters. The van der Waals surface area contributed by atoms with Crippen LogP contribution in [0.1, 0.15) is 20.8 Å². The summed E-state index contributed by atoms with van der Waals surface area (Å²) >= 11 is 2.79. The first-order valence-electron chi connectivity index (χ1n) is 6.69. The summed E-state index contributed by atoms with van der Waals surface area (Å²) in [6.07, 6.45) is 0. The van der Waals surface area contributed by atoms with Gasteiger partial charge in [-0.05, 0) is 23.9 Å². The summed E-state index contributed by atoms with van der Waals surface area (Å²) in [6.45, 7) is 2.05. The minimum absolute atomic E-state index is 0.124. The molecule has 0 saturated carbocycles. The molecule has 0 bridgehead atoms. The number of esters is 1. The molecular weight excluding hydrogens is 318 g/mol. The van der Waals surface area contributed by atoms with Gasteiger partial charge in [-0.1, -0.05) is 29.8 Å². The van der Waals surface area contributed by atoms with E-state index in [0.717, 1.165) is 5.75 Å². The quantitative estimate of drug-likeness (QED) is 0.818. The van der Waals surface area contributed by atoms with Crippen molar-refractivity contribution in [1.29, 1.82) is 0 Å². The average molecular weight is 335 g/mol. The van der Waals surface area contributed by atoms with E-state index in [1.165, 1.54) is 29.6 Å². The smallest absolute Gasteiger partial charge is 0.350 e. The summed E-state index contributed by atoms with van der Waals surface area (Å²) < 4.78 is 4.68. The van der Waals surface area contributed by atoms with Gasteiger partial charge in [-0.25, -0.2) is 4.79 Å². The molecule has 1 N–H and O–H groups in total. The molecule has 4 nitrogen and oxygen atoms in total. The summed E-state index contributed by atoms with van der Waals surface area (Å²) in [7, 11) is 1.32. The lowest BCUT2D eigenvalue weighted by molar-refractivity contribution is -0.113. The molecule has 1 heterocycles. The minimum Gasteiger partial charge on any atom is -0.465 e. The Labute approximate surface area is 137 Å². The molecule has 2 rings (SSSR count). The van der Waals surface area contributed by atoms with E-state index < -0.39 is 5.97 Å². The number of carbonyl (C=O) groups excluding carboxylic acids is 2. The van der Waals surface area contributed by atoms with Gasteiger partial charge in [-0.15, -0.1) is 23.1 Å². The van der Waals surface area contributed by atoms with Crippen molar-refractivity contribution in [3.8, 4) is 0 Å². The van der Waals surface area contributed by atoms with Crippen molar-refractivity contribution in [3.05, 3.63) is 51.7 Å². The summed E-state index contributed by atoms with van der Waals surface area (Å²) in [6, 6.07) is 9.93. The monoisotopic (exact) mass is 335 g/mol. The highest BCUT2D eigenvalue weighted by Gasteiger charge is 2.15. The van der Waals surface area contributed by atoms with Crippen LogP contribution >= 0.6 is 23.1 Å². The van der Waals surface area contributed by atoms with Crippen LogP contribution in [0.2, 0.25) is 0 Å². The number of thioether (sulfide) groups is 1. The summed E-state index contributed by atoms with van der Waals surface area (Å²) in [5.41, 5.74) is 2.92. The maximum atomic E-state index is 12.0. The normalized spacial score (nSPS) is 10.3. The maximum Gasteiger partial charge on any atom is 0.350 e. The fourth-order valence-electron chi connectivity index (χ4n) is 1.91. The van der Waals surface area contributed by atoms with Gasteiger partial charge < -0.3 is 10.1 Å². The number of methoxy groups -OCH3 is 1. The van der Waals surface area contributed by atoms with Crippen LogP contribution in [0.25, 0.3) is 0 Å². The third-order valence-corrected chi connectivity index (χ3v) is 4.79. The van der Waals surface area contributed by atoms with E-state index in [0.29, 0.717) is 16.3 Å². The Balaban J connectivity index is 1.84. The SMILES string of the molecule is COC(=O)c1sccc1NC(=O)CSCc1cccc(C)c1. The fraction of sp³-hybridized carbons (Fsp3) is 0.250. The lowest BCUT2D eigenvalue weighted by atomic mass is 10.2. The van der Waals surface area contributed by atoms with Crippen molar-refractivity contribution in [2.45, 2.75) is 12.7 Å². The van der Waals surface area contributed by atoms with Gasteiger partial charge in [0.15, 0.2) is 0 Å². The molecule has 1 amide bonds. The molecule has 0 radical (unpaired) electrons. The molecule has 1 aromatic carbocycles. The van der Waals surface area contributed by atoms with Gasteiger partial charge in [0.05, 0.1) is 18.6 Å².